The number of hydrogen-bond donors (Lipinski definition) is 2. The monoisotopic (exact) mass is 507 g/mol. The first kappa shape index (κ1) is 24.9. The Hall–Kier alpha value is -1.11. The van der Waals surface area contributed by atoms with Crippen LogP contribution in [0.2, 0.25) is 0 Å². The summed E-state index contributed by atoms with van der Waals surface area (Å²) in [6.45, 7) is 3.14. The number of likely N-dealkylation sites (N-methyl/N-ethyl adjacent to an activating group) is 1. The average Bonchev–Trinajstić information content (AvgIpc) is 3.01. The van der Waals surface area contributed by atoms with Crippen molar-refractivity contribution in [3.05, 3.63) is 16.1 Å². The Kier molecular flexibility index (Phi) is 11.8. The van der Waals surface area contributed by atoms with Crippen molar-refractivity contribution in [2.45, 2.75) is 32.4 Å². The largest absolute Gasteiger partial charge is 0.434 e. The number of nitrogens with one attached hydrogen (secondary N) is 2. The normalized spacial score (nSPS) is 11.7. The molecule has 0 saturated heterocycles. The van der Waals surface area contributed by atoms with Crippen LogP contribution in [0.25, 0.3) is 0 Å². The lowest BCUT2D eigenvalue weighted by atomic mass is 10.3. The highest BCUT2D eigenvalue weighted by Gasteiger charge is 2.33. The van der Waals surface area contributed by atoms with Crippen molar-refractivity contribution >= 4 is 47.2 Å². The Morgan fingerprint density at radius 1 is 1.31 bits per heavy atom. The SMILES string of the molecule is CCCCNC(=NCC(=O)N(C)C)NCCc1nc(C(F)(F)F)cs1.I. The summed E-state index contributed by atoms with van der Waals surface area (Å²) in [5, 5.41) is 7.54. The van der Waals surface area contributed by atoms with E-state index in [1.54, 1.807) is 14.1 Å². The lowest BCUT2D eigenvalue weighted by Crippen LogP contribution is -2.40. The van der Waals surface area contributed by atoms with Crippen molar-refractivity contribution in [2.75, 3.05) is 33.7 Å². The van der Waals surface area contributed by atoms with Crippen molar-refractivity contribution in [3.63, 3.8) is 0 Å². The number of rotatable bonds is 8. The van der Waals surface area contributed by atoms with E-state index in [2.05, 4.69) is 27.5 Å². The third-order valence-corrected chi connectivity index (χ3v) is 4.08. The predicted octanol–water partition coefficient (Wildman–Crippen LogP) is 2.75. The Morgan fingerprint density at radius 2 is 1.96 bits per heavy atom. The first-order valence-electron chi connectivity index (χ1n) is 7.98. The van der Waals surface area contributed by atoms with E-state index in [-0.39, 0.29) is 36.4 Å². The summed E-state index contributed by atoms with van der Waals surface area (Å²) in [5.41, 5.74) is -0.862. The van der Waals surface area contributed by atoms with Gasteiger partial charge in [-0.25, -0.2) is 9.98 Å². The van der Waals surface area contributed by atoms with E-state index in [1.165, 1.54) is 4.90 Å². The standard InChI is InChI=1S/C15H24F3N5OS.HI/c1-4-5-7-19-14(21-9-13(24)23(2)3)20-8-6-12-22-11(10-25-12)15(16,17)18;/h10H,4-9H2,1-3H3,(H2,19,20,21);1H. The van der Waals surface area contributed by atoms with Crippen LogP contribution in [0.15, 0.2) is 10.4 Å². The van der Waals surface area contributed by atoms with E-state index in [4.69, 9.17) is 0 Å². The summed E-state index contributed by atoms with van der Waals surface area (Å²) in [4.78, 5) is 20.8. The number of aliphatic imine (C=N–C) groups is 1. The van der Waals surface area contributed by atoms with Gasteiger partial charge in [0.15, 0.2) is 11.7 Å². The number of nitrogens with zero attached hydrogens (tertiary/aromatic N) is 3. The van der Waals surface area contributed by atoms with Crippen LogP contribution in [-0.4, -0.2) is 55.5 Å². The second kappa shape index (κ2) is 12.3. The molecule has 2 N–H and O–H groups in total. The summed E-state index contributed by atoms with van der Waals surface area (Å²) >= 11 is 0.980. The minimum absolute atomic E-state index is 0. The third kappa shape index (κ3) is 9.55. The molecule has 0 aliphatic heterocycles. The van der Waals surface area contributed by atoms with E-state index in [1.807, 2.05) is 0 Å². The van der Waals surface area contributed by atoms with Gasteiger partial charge in [-0.2, -0.15) is 13.2 Å². The quantitative estimate of drug-likeness (QED) is 0.246. The molecular weight excluding hydrogens is 482 g/mol. The van der Waals surface area contributed by atoms with E-state index >= 15 is 0 Å². The number of thiazole rings is 1. The average molecular weight is 507 g/mol. The van der Waals surface area contributed by atoms with Gasteiger partial charge in [-0.15, -0.1) is 35.3 Å². The van der Waals surface area contributed by atoms with Crippen molar-refractivity contribution in [2.24, 2.45) is 4.99 Å². The number of aromatic nitrogens is 1. The van der Waals surface area contributed by atoms with Crippen molar-refractivity contribution in [1.82, 2.24) is 20.5 Å². The Labute approximate surface area is 172 Å². The van der Waals surface area contributed by atoms with Gasteiger partial charge in [0.1, 0.15) is 6.54 Å². The molecule has 6 nitrogen and oxygen atoms in total. The summed E-state index contributed by atoms with van der Waals surface area (Å²) < 4.78 is 37.6. The summed E-state index contributed by atoms with van der Waals surface area (Å²) in [6, 6.07) is 0. The van der Waals surface area contributed by atoms with Crippen LogP contribution in [0.5, 0.6) is 0 Å². The van der Waals surface area contributed by atoms with E-state index < -0.39 is 11.9 Å². The van der Waals surface area contributed by atoms with Gasteiger partial charge in [0.25, 0.3) is 0 Å². The Morgan fingerprint density at radius 3 is 2.50 bits per heavy atom. The first-order chi connectivity index (χ1) is 11.7. The number of amides is 1. The predicted molar refractivity (Wildman–Crippen MR) is 108 cm³/mol. The lowest BCUT2D eigenvalue weighted by Gasteiger charge is -2.13. The Balaban J connectivity index is 0.00000625. The second-order valence-electron chi connectivity index (χ2n) is 5.53. The van der Waals surface area contributed by atoms with E-state index in [0.717, 1.165) is 29.6 Å². The fourth-order valence-electron chi connectivity index (χ4n) is 1.69. The molecule has 1 amide bonds. The number of guanidine groups is 1. The fourth-order valence-corrected chi connectivity index (χ4v) is 2.49. The number of halogens is 4. The molecule has 1 aromatic rings. The molecule has 150 valence electrons. The zero-order valence-electron chi connectivity index (χ0n) is 15.0. The molecule has 0 aromatic carbocycles. The second-order valence-corrected chi connectivity index (χ2v) is 6.48. The van der Waals surface area contributed by atoms with Gasteiger partial charge in [-0.1, -0.05) is 13.3 Å². The Bertz CT molecular complexity index is 578. The van der Waals surface area contributed by atoms with Crippen LogP contribution in [0.3, 0.4) is 0 Å². The maximum absolute atomic E-state index is 12.5. The van der Waals surface area contributed by atoms with Crippen molar-refractivity contribution < 1.29 is 18.0 Å². The zero-order chi connectivity index (χ0) is 18.9. The molecule has 1 aromatic heterocycles. The van der Waals surface area contributed by atoms with Crippen LogP contribution in [0.4, 0.5) is 13.2 Å². The van der Waals surface area contributed by atoms with Gasteiger partial charge in [0, 0.05) is 39.0 Å². The molecule has 26 heavy (non-hydrogen) atoms. The smallest absolute Gasteiger partial charge is 0.356 e. The van der Waals surface area contributed by atoms with Gasteiger partial charge in [-0.05, 0) is 6.42 Å². The maximum Gasteiger partial charge on any atom is 0.434 e. The zero-order valence-corrected chi connectivity index (χ0v) is 18.2. The van der Waals surface area contributed by atoms with Gasteiger partial charge in [0.05, 0.1) is 5.01 Å². The highest BCUT2D eigenvalue weighted by Crippen LogP contribution is 2.29. The summed E-state index contributed by atoms with van der Waals surface area (Å²) in [6.07, 6.45) is -2.11. The number of carbonyl (C=O) groups is 1. The topological polar surface area (TPSA) is 69.6 Å². The molecule has 0 bridgehead atoms. The molecule has 0 aliphatic rings. The molecule has 0 atom stereocenters. The van der Waals surface area contributed by atoms with Gasteiger partial charge in [-0.3, -0.25) is 4.79 Å². The molecule has 1 heterocycles. The van der Waals surface area contributed by atoms with Gasteiger partial charge < -0.3 is 15.5 Å². The molecule has 0 saturated carbocycles. The molecule has 0 spiro atoms. The first-order valence-corrected chi connectivity index (χ1v) is 8.86. The highest BCUT2D eigenvalue weighted by atomic mass is 127. The molecule has 0 radical (unpaired) electrons. The molecule has 0 aliphatic carbocycles. The molecule has 1 rings (SSSR count). The summed E-state index contributed by atoms with van der Waals surface area (Å²) in [5.74, 6) is 0.336. The molecule has 0 fully saturated rings. The van der Waals surface area contributed by atoms with Gasteiger partial charge >= 0.3 is 6.18 Å². The molecule has 11 heteroatoms. The maximum atomic E-state index is 12.5. The lowest BCUT2D eigenvalue weighted by molar-refractivity contribution is -0.140. The van der Waals surface area contributed by atoms with Crippen LogP contribution in [0.1, 0.15) is 30.5 Å². The number of unbranched alkanes of at least 4 members (excludes halogenated alkanes) is 1. The minimum Gasteiger partial charge on any atom is -0.356 e. The number of alkyl halides is 3. The van der Waals surface area contributed by atoms with Crippen molar-refractivity contribution in [1.29, 1.82) is 0 Å². The number of hydrogen-bond acceptors (Lipinski definition) is 4. The van der Waals surface area contributed by atoms with Crippen LogP contribution in [-0.2, 0) is 17.4 Å². The van der Waals surface area contributed by atoms with Crippen LogP contribution < -0.4 is 10.6 Å². The van der Waals surface area contributed by atoms with E-state index in [9.17, 15) is 18.0 Å². The van der Waals surface area contributed by atoms with Crippen molar-refractivity contribution in [3.8, 4) is 0 Å². The fraction of sp³-hybridized carbons (Fsp3) is 0.667. The third-order valence-electron chi connectivity index (χ3n) is 3.17. The minimum atomic E-state index is -4.41. The van der Waals surface area contributed by atoms with Gasteiger partial charge in [0.2, 0.25) is 5.91 Å². The number of carbonyl (C=O) groups excluding carboxylic acids is 1. The molecular formula is C15H25F3IN5OS. The van der Waals surface area contributed by atoms with E-state index in [0.29, 0.717) is 30.5 Å². The van der Waals surface area contributed by atoms with Crippen LogP contribution >= 0.6 is 35.3 Å². The highest BCUT2D eigenvalue weighted by molar-refractivity contribution is 14.0. The summed E-state index contributed by atoms with van der Waals surface area (Å²) in [7, 11) is 3.30. The van der Waals surface area contributed by atoms with Crippen LogP contribution in [0, 0.1) is 0 Å². The molecule has 0 unspecified atom stereocenters.